The van der Waals surface area contributed by atoms with E-state index in [9.17, 15) is 4.79 Å². The van der Waals surface area contributed by atoms with Crippen LogP contribution in [0.5, 0.6) is 5.75 Å². The molecule has 0 radical (unpaired) electrons. The lowest BCUT2D eigenvalue weighted by Gasteiger charge is -2.31. The van der Waals surface area contributed by atoms with Crippen LogP contribution in [0.3, 0.4) is 0 Å². The lowest BCUT2D eigenvalue weighted by atomic mass is 9.91. The molecule has 1 atom stereocenters. The number of rotatable bonds is 5. The van der Waals surface area contributed by atoms with Crippen LogP contribution in [0.4, 0.5) is 0 Å². The van der Waals surface area contributed by atoms with Crippen molar-refractivity contribution in [3.63, 3.8) is 0 Å². The van der Waals surface area contributed by atoms with Crippen molar-refractivity contribution >= 4 is 39.8 Å². The molecule has 5 nitrogen and oxygen atoms in total. The fraction of sp³-hybridized carbons (Fsp3) is 0.167. The number of carbonyl (C=O) groups is 1. The van der Waals surface area contributed by atoms with Gasteiger partial charge >= 0.3 is 5.97 Å². The Morgan fingerprint density at radius 2 is 1.77 bits per heavy atom. The molecule has 30 heavy (non-hydrogen) atoms. The van der Waals surface area contributed by atoms with E-state index in [-0.39, 0.29) is 5.97 Å². The third-order valence-electron chi connectivity index (χ3n) is 5.03. The number of methoxy groups -OCH3 is 1. The minimum absolute atomic E-state index is 0.291. The topological polar surface area (TPSA) is 59.6 Å². The Balaban J connectivity index is 1.86. The summed E-state index contributed by atoms with van der Waals surface area (Å²) >= 11 is 5.47. The van der Waals surface area contributed by atoms with Crippen molar-refractivity contribution < 1.29 is 14.3 Å². The van der Waals surface area contributed by atoms with Gasteiger partial charge in [0.25, 0.3) is 0 Å². The number of hydrogen-bond acceptors (Lipinski definition) is 4. The smallest absolute Gasteiger partial charge is 0.338 e. The molecule has 6 heteroatoms. The summed E-state index contributed by atoms with van der Waals surface area (Å²) in [5, 5.41) is 8.96. The van der Waals surface area contributed by atoms with E-state index in [0.29, 0.717) is 23.0 Å². The second kappa shape index (κ2) is 8.55. The molecule has 0 aliphatic carbocycles. The van der Waals surface area contributed by atoms with Gasteiger partial charge in [0.05, 0.1) is 31.0 Å². The van der Waals surface area contributed by atoms with Crippen LogP contribution in [0.1, 0.15) is 24.1 Å². The lowest BCUT2D eigenvalue weighted by molar-refractivity contribution is -0.138. The van der Waals surface area contributed by atoms with E-state index >= 15 is 0 Å². The van der Waals surface area contributed by atoms with Gasteiger partial charge in [-0.3, -0.25) is 0 Å². The first-order chi connectivity index (χ1) is 14.6. The van der Waals surface area contributed by atoms with Crippen LogP contribution in [0.25, 0.3) is 16.5 Å². The van der Waals surface area contributed by atoms with Gasteiger partial charge in [0.2, 0.25) is 0 Å². The van der Waals surface area contributed by atoms with Gasteiger partial charge in [-0.15, -0.1) is 0 Å². The van der Waals surface area contributed by atoms with Crippen LogP contribution in [-0.4, -0.2) is 24.8 Å². The molecular weight excluding hydrogens is 396 g/mol. The van der Waals surface area contributed by atoms with E-state index in [4.69, 9.17) is 21.7 Å². The van der Waals surface area contributed by atoms with E-state index in [1.54, 1.807) is 14.0 Å². The molecule has 2 N–H and O–H groups in total. The van der Waals surface area contributed by atoms with E-state index in [1.165, 1.54) is 0 Å². The van der Waals surface area contributed by atoms with Crippen molar-refractivity contribution in [3.8, 4) is 5.75 Å². The molecule has 0 saturated carbocycles. The molecule has 4 rings (SSSR count). The number of thiocarbonyl (C=S) groups is 1. The number of fused-ring (bicyclic) bond motifs is 1. The average Bonchev–Trinajstić information content (AvgIpc) is 2.78. The summed E-state index contributed by atoms with van der Waals surface area (Å²) in [6.07, 6.45) is 0. The highest BCUT2D eigenvalue weighted by Crippen LogP contribution is 2.34. The average molecular weight is 419 g/mol. The van der Waals surface area contributed by atoms with Crippen LogP contribution in [-0.2, 0) is 9.53 Å². The molecule has 1 heterocycles. The zero-order valence-electron chi connectivity index (χ0n) is 16.8. The molecule has 152 valence electrons. The Kier molecular flexibility index (Phi) is 5.68. The molecule has 3 aromatic rings. The van der Waals surface area contributed by atoms with Crippen LogP contribution in [0, 0.1) is 0 Å². The molecule has 3 aromatic carbocycles. The number of benzene rings is 3. The van der Waals surface area contributed by atoms with Crippen LogP contribution < -0.4 is 15.4 Å². The first kappa shape index (κ1) is 19.9. The van der Waals surface area contributed by atoms with E-state index in [2.05, 4.69) is 16.7 Å². The normalized spacial score (nSPS) is 16.1. The van der Waals surface area contributed by atoms with Crippen molar-refractivity contribution in [2.45, 2.75) is 13.0 Å². The molecule has 1 aliphatic heterocycles. The molecule has 1 aliphatic rings. The van der Waals surface area contributed by atoms with Crippen molar-refractivity contribution in [2.24, 2.45) is 0 Å². The second-order valence-corrected chi connectivity index (χ2v) is 7.29. The molecule has 0 saturated heterocycles. The second-order valence-electron chi connectivity index (χ2n) is 6.88. The van der Waals surface area contributed by atoms with Crippen LogP contribution in [0.2, 0.25) is 0 Å². The predicted octanol–water partition coefficient (Wildman–Crippen LogP) is 4.34. The molecule has 0 spiro atoms. The van der Waals surface area contributed by atoms with Crippen molar-refractivity contribution in [3.05, 3.63) is 83.4 Å². The summed E-state index contributed by atoms with van der Waals surface area (Å²) in [5.41, 5.74) is 2.97. The van der Waals surface area contributed by atoms with Gasteiger partial charge in [-0.05, 0) is 59.2 Å². The monoisotopic (exact) mass is 418 g/mol. The minimum atomic E-state index is -0.431. The maximum absolute atomic E-state index is 13.0. The molecule has 0 fully saturated rings. The number of esters is 1. The zero-order chi connectivity index (χ0) is 21.1. The maximum atomic E-state index is 13.0. The molecule has 0 amide bonds. The fourth-order valence-corrected chi connectivity index (χ4v) is 3.84. The number of carbonyl (C=O) groups excluding carboxylic acids is 1. The third-order valence-corrected chi connectivity index (χ3v) is 5.25. The summed E-state index contributed by atoms with van der Waals surface area (Å²) in [6, 6.07) is 21.2. The lowest BCUT2D eigenvalue weighted by Crippen LogP contribution is -2.45. The van der Waals surface area contributed by atoms with Crippen molar-refractivity contribution in [1.82, 2.24) is 10.6 Å². The summed E-state index contributed by atoms with van der Waals surface area (Å²) in [6.45, 7) is 2.09. The third kappa shape index (κ3) is 3.86. The van der Waals surface area contributed by atoms with Crippen molar-refractivity contribution in [2.75, 3.05) is 13.7 Å². The Morgan fingerprint density at radius 3 is 2.50 bits per heavy atom. The largest absolute Gasteiger partial charge is 0.497 e. The summed E-state index contributed by atoms with van der Waals surface area (Å²) < 4.78 is 10.7. The quantitative estimate of drug-likeness (QED) is 0.475. The van der Waals surface area contributed by atoms with Gasteiger partial charge in [-0.2, -0.15) is 0 Å². The maximum Gasteiger partial charge on any atom is 0.338 e. The molecular formula is C24H22N2O3S. The van der Waals surface area contributed by atoms with Gasteiger partial charge in [0, 0.05) is 0 Å². The van der Waals surface area contributed by atoms with Gasteiger partial charge in [-0.25, -0.2) is 4.79 Å². The van der Waals surface area contributed by atoms with E-state index in [1.807, 2.05) is 60.7 Å². The number of nitrogens with one attached hydrogen (secondary N) is 2. The Bertz CT molecular complexity index is 1140. The zero-order valence-corrected chi connectivity index (χ0v) is 17.6. The summed E-state index contributed by atoms with van der Waals surface area (Å²) in [7, 11) is 1.65. The molecule has 0 bridgehead atoms. The van der Waals surface area contributed by atoms with E-state index < -0.39 is 6.04 Å². The fourth-order valence-electron chi connectivity index (χ4n) is 3.62. The highest BCUT2D eigenvalue weighted by atomic mass is 32.1. The van der Waals surface area contributed by atoms with Gasteiger partial charge in [-0.1, -0.05) is 48.5 Å². The predicted molar refractivity (Wildman–Crippen MR) is 122 cm³/mol. The first-order valence-corrected chi connectivity index (χ1v) is 10.1. The van der Waals surface area contributed by atoms with Crippen LogP contribution in [0.15, 0.2) is 72.3 Å². The molecule has 0 aromatic heterocycles. The van der Waals surface area contributed by atoms with Crippen molar-refractivity contribution in [1.29, 1.82) is 0 Å². The highest BCUT2D eigenvalue weighted by Gasteiger charge is 2.33. The standard InChI is InChI=1S/C24H22N2O3S/c1-3-29-23(27)20-21(15-7-5-4-6-8-15)25-24(30)26-22(20)18-10-9-17-14-19(28-2)12-11-16(17)13-18/h4-14,22H,3H2,1-2H3,(H2,25,26,30)/t22-/m1/s1. The number of ether oxygens (including phenoxy) is 2. The van der Waals surface area contributed by atoms with Gasteiger partial charge in [0.1, 0.15) is 5.75 Å². The summed E-state index contributed by atoms with van der Waals surface area (Å²) in [4.78, 5) is 13.0. The van der Waals surface area contributed by atoms with Gasteiger partial charge in [0.15, 0.2) is 5.11 Å². The SMILES string of the molecule is CCOC(=O)C1=C(c2ccccc2)NC(=S)N[C@@H]1c1ccc2cc(OC)ccc2c1. The van der Waals surface area contributed by atoms with Gasteiger partial charge < -0.3 is 20.1 Å². The Labute approximate surface area is 180 Å². The Hall–Kier alpha value is -3.38. The highest BCUT2D eigenvalue weighted by molar-refractivity contribution is 7.80. The number of hydrogen-bond donors (Lipinski definition) is 2. The van der Waals surface area contributed by atoms with E-state index in [0.717, 1.165) is 27.6 Å². The first-order valence-electron chi connectivity index (χ1n) is 9.72. The molecule has 0 unspecified atom stereocenters. The van der Waals surface area contributed by atoms with Crippen LogP contribution >= 0.6 is 12.2 Å². The Morgan fingerprint density at radius 1 is 1.03 bits per heavy atom. The summed E-state index contributed by atoms with van der Waals surface area (Å²) in [5.74, 6) is 0.425. The minimum Gasteiger partial charge on any atom is -0.497 e.